The molecule has 7 heteroatoms. The maximum absolute atomic E-state index is 12.2. The second kappa shape index (κ2) is 7.25. The normalized spacial score (nSPS) is 12.8. The molecule has 0 aliphatic rings. The predicted octanol–water partition coefficient (Wildman–Crippen LogP) is 2.89. The minimum atomic E-state index is -0.254. The van der Waals surface area contributed by atoms with Gasteiger partial charge in [-0.15, -0.1) is 10.2 Å². The molecule has 1 amide bonds. The van der Waals surface area contributed by atoms with Crippen molar-refractivity contribution >= 4 is 17.7 Å². The van der Waals surface area contributed by atoms with Crippen LogP contribution in [0.15, 0.2) is 29.4 Å². The van der Waals surface area contributed by atoms with Crippen LogP contribution in [-0.4, -0.2) is 38.6 Å². The summed E-state index contributed by atoms with van der Waals surface area (Å²) in [6.45, 7) is 7.76. The molecule has 24 heavy (non-hydrogen) atoms. The Kier molecular flexibility index (Phi) is 5.54. The van der Waals surface area contributed by atoms with Gasteiger partial charge in [0.1, 0.15) is 5.75 Å². The number of hydrogen-bond donors (Lipinski definition) is 1. The van der Waals surface area contributed by atoms with Gasteiger partial charge in [0.05, 0.1) is 12.4 Å². The van der Waals surface area contributed by atoms with Gasteiger partial charge in [-0.05, 0) is 52.0 Å². The third-order valence-corrected chi connectivity index (χ3v) is 4.47. The summed E-state index contributed by atoms with van der Waals surface area (Å²) in [6, 6.07) is 7.65. The van der Waals surface area contributed by atoms with E-state index in [9.17, 15) is 4.79 Å². The van der Waals surface area contributed by atoms with Crippen LogP contribution in [0, 0.1) is 0 Å². The summed E-state index contributed by atoms with van der Waals surface area (Å²) in [5, 5.41) is 11.9. The quantitative estimate of drug-likeness (QED) is 0.842. The molecule has 0 unspecified atom stereocenters. The largest absolute Gasteiger partial charge is 0.497 e. The lowest BCUT2D eigenvalue weighted by atomic mass is 10.1. The van der Waals surface area contributed by atoms with Crippen molar-refractivity contribution in [2.24, 2.45) is 7.05 Å². The second-order valence-corrected chi connectivity index (χ2v) is 7.90. The van der Waals surface area contributed by atoms with Crippen LogP contribution in [0.2, 0.25) is 0 Å². The Balaban J connectivity index is 2.13. The Hall–Kier alpha value is -2.02. The molecule has 0 saturated heterocycles. The highest BCUT2D eigenvalue weighted by atomic mass is 32.2. The molecule has 0 aliphatic carbocycles. The van der Waals surface area contributed by atoms with Gasteiger partial charge in [-0.1, -0.05) is 11.8 Å². The van der Waals surface area contributed by atoms with Gasteiger partial charge in [-0.3, -0.25) is 4.79 Å². The molecule has 2 aromatic rings. The van der Waals surface area contributed by atoms with Crippen LogP contribution in [0.1, 0.15) is 27.7 Å². The van der Waals surface area contributed by atoms with Crippen LogP contribution in [-0.2, 0) is 11.8 Å². The highest BCUT2D eigenvalue weighted by Gasteiger charge is 2.22. The number of rotatable bonds is 5. The molecule has 0 fully saturated rings. The number of hydrogen-bond acceptors (Lipinski definition) is 5. The first kappa shape index (κ1) is 18.3. The van der Waals surface area contributed by atoms with E-state index >= 15 is 0 Å². The monoisotopic (exact) mass is 348 g/mol. The molecule has 130 valence electrons. The van der Waals surface area contributed by atoms with E-state index in [2.05, 4.69) is 15.5 Å². The van der Waals surface area contributed by atoms with Crippen LogP contribution in [0.25, 0.3) is 11.4 Å². The lowest BCUT2D eigenvalue weighted by molar-refractivity contribution is -0.121. The van der Waals surface area contributed by atoms with E-state index in [4.69, 9.17) is 4.74 Å². The van der Waals surface area contributed by atoms with Crippen molar-refractivity contribution in [3.8, 4) is 17.1 Å². The van der Waals surface area contributed by atoms with Gasteiger partial charge in [0.15, 0.2) is 11.0 Å². The van der Waals surface area contributed by atoms with Crippen molar-refractivity contribution < 1.29 is 9.53 Å². The van der Waals surface area contributed by atoms with Crippen molar-refractivity contribution in [1.82, 2.24) is 20.1 Å². The number of thioether (sulfide) groups is 1. The van der Waals surface area contributed by atoms with E-state index in [1.807, 2.05) is 63.6 Å². The zero-order valence-electron chi connectivity index (χ0n) is 15.0. The minimum absolute atomic E-state index is 0.0125. The Labute approximate surface area is 147 Å². The molecule has 2 rings (SSSR count). The number of carbonyl (C=O) groups excluding carboxylic acids is 1. The molecule has 6 nitrogen and oxygen atoms in total. The Morgan fingerprint density at radius 2 is 1.88 bits per heavy atom. The Morgan fingerprint density at radius 1 is 1.25 bits per heavy atom. The molecule has 1 heterocycles. The van der Waals surface area contributed by atoms with Crippen molar-refractivity contribution in [2.75, 3.05) is 7.11 Å². The average Bonchev–Trinajstić information content (AvgIpc) is 2.87. The first-order chi connectivity index (χ1) is 11.2. The zero-order valence-corrected chi connectivity index (χ0v) is 15.8. The summed E-state index contributed by atoms with van der Waals surface area (Å²) in [6.07, 6.45) is 0. The van der Waals surface area contributed by atoms with Gasteiger partial charge < -0.3 is 14.6 Å². The minimum Gasteiger partial charge on any atom is -0.497 e. The third kappa shape index (κ3) is 4.50. The SMILES string of the molecule is COc1ccc(-c2nnc(S[C@@H](C)C(=O)NC(C)(C)C)n2C)cc1. The van der Waals surface area contributed by atoms with Gasteiger partial charge in [-0.2, -0.15) is 0 Å². The van der Waals surface area contributed by atoms with Crippen LogP contribution < -0.4 is 10.1 Å². The summed E-state index contributed by atoms with van der Waals surface area (Å²) in [5.41, 5.74) is 0.699. The fourth-order valence-corrected chi connectivity index (χ4v) is 2.91. The Bertz CT molecular complexity index is 704. The lowest BCUT2D eigenvalue weighted by Crippen LogP contribution is -2.44. The highest BCUT2D eigenvalue weighted by molar-refractivity contribution is 8.00. The summed E-state index contributed by atoms with van der Waals surface area (Å²) in [7, 11) is 3.53. The van der Waals surface area contributed by atoms with E-state index in [-0.39, 0.29) is 16.7 Å². The van der Waals surface area contributed by atoms with E-state index in [1.165, 1.54) is 11.8 Å². The molecule has 0 spiro atoms. The molecule has 1 aromatic carbocycles. The maximum atomic E-state index is 12.2. The topological polar surface area (TPSA) is 69.0 Å². The fraction of sp³-hybridized carbons (Fsp3) is 0.471. The summed E-state index contributed by atoms with van der Waals surface area (Å²) < 4.78 is 7.06. The smallest absolute Gasteiger partial charge is 0.233 e. The van der Waals surface area contributed by atoms with E-state index in [0.717, 1.165) is 17.1 Å². The lowest BCUT2D eigenvalue weighted by Gasteiger charge is -2.22. The number of nitrogens with one attached hydrogen (secondary N) is 1. The first-order valence-electron chi connectivity index (χ1n) is 7.74. The molecular weight excluding hydrogens is 324 g/mol. The van der Waals surface area contributed by atoms with Crippen molar-refractivity contribution in [2.45, 2.75) is 43.6 Å². The molecule has 1 atom stereocenters. The molecular formula is C17H24N4O2S. The van der Waals surface area contributed by atoms with Crippen LogP contribution in [0.4, 0.5) is 0 Å². The number of amides is 1. The Morgan fingerprint density at radius 3 is 2.42 bits per heavy atom. The number of methoxy groups -OCH3 is 1. The first-order valence-corrected chi connectivity index (χ1v) is 8.62. The third-order valence-electron chi connectivity index (χ3n) is 3.33. The summed E-state index contributed by atoms with van der Waals surface area (Å²) in [4.78, 5) is 12.2. The van der Waals surface area contributed by atoms with Crippen LogP contribution in [0.3, 0.4) is 0 Å². The average molecular weight is 348 g/mol. The molecule has 0 aliphatic heterocycles. The molecule has 1 N–H and O–H groups in total. The predicted molar refractivity (Wildman–Crippen MR) is 96.2 cm³/mol. The van der Waals surface area contributed by atoms with Crippen molar-refractivity contribution in [3.63, 3.8) is 0 Å². The molecule has 0 radical (unpaired) electrons. The van der Waals surface area contributed by atoms with Crippen LogP contribution >= 0.6 is 11.8 Å². The standard InChI is InChI=1S/C17H24N4O2S/c1-11(15(22)18-17(2,3)4)24-16-20-19-14(21(16)5)12-7-9-13(23-6)10-8-12/h7-11H,1-6H3,(H,18,22)/t11-/m0/s1. The summed E-state index contributed by atoms with van der Waals surface area (Å²) >= 11 is 1.39. The van der Waals surface area contributed by atoms with Crippen molar-refractivity contribution in [1.29, 1.82) is 0 Å². The van der Waals surface area contributed by atoms with E-state index in [0.29, 0.717) is 5.16 Å². The number of aromatic nitrogens is 3. The van der Waals surface area contributed by atoms with Gasteiger partial charge in [0, 0.05) is 18.2 Å². The number of carbonyl (C=O) groups is 1. The van der Waals surface area contributed by atoms with Gasteiger partial charge in [0.25, 0.3) is 0 Å². The van der Waals surface area contributed by atoms with Gasteiger partial charge in [0.2, 0.25) is 5.91 Å². The summed E-state index contributed by atoms with van der Waals surface area (Å²) in [5.74, 6) is 1.54. The van der Waals surface area contributed by atoms with E-state index < -0.39 is 0 Å². The van der Waals surface area contributed by atoms with Crippen molar-refractivity contribution in [3.05, 3.63) is 24.3 Å². The molecule has 1 aromatic heterocycles. The zero-order chi connectivity index (χ0) is 17.9. The molecule has 0 bridgehead atoms. The van der Waals surface area contributed by atoms with E-state index in [1.54, 1.807) is 7.11 Å². The highest BCUT2D eigenvalue weighted by Crippen LogP contribution is 2.27. The van der Waals surface area contributed by atoms with Crippen LogP contribution in [0.5, 0.6) is 5.75 Å². The number of ether oxygens (including phenoxy) is 1. The maximum Gasteiger partial charge on any atom is 0.233 e. The fourth-order valence-electron chi connectivity index (χ4n) is 2.09. The molecule has 0 saturated carbocycles. The number of benzene rings is 1. The number of nitrogens with zero attached hydrogens (tertiary/aromatic N) is 3. The second-order valence-electron chi connectivity index (χ2n) is 6.59. The van der Waals surface area contributed by atoms with Gasteiger partial charge in [-0.25, -0.2) is 0 Å². The van der Waals surface area contributed by atoms with Gasteiger partial charge >= 0.3 is 0 Å².